The van der Waals surface area contributed by atoms with Gasteiger partial charge in [0.2, 0.25) is 0 Å². The molecule has 0 N–H and O–H groups in total. The molecule has 5 nitrogen and oxygen atoms in total. The van der Waals surface area contributed by atoms with Gasteiger partial charge in [0, 0.05) is 5.56 Å². The molecule has 0 radical (unpaired) electrons. The van der Waals surface area contributed by atoms with Gasteiger partial charge in [0.05, 0.1) is 10.9 Å². The highest BCUT2D eigenvalue weighted by Gasteiger charge is 2.17. The highest BCUT2D eigenvalue weighted by Crippen LogP contribution is 2.25. The van der Waals surface area contributed by atoms with Crippen LogP contribution in [0.2, 0.25) is 0 Å². The summed E-state index contributed by atoms with van der Waals surface area (Å²) in [6.45, 7) is 5.93. The van der Waals surface area contributed by atoms with Gasteiger partial charge in [-0.2, -0.15) is 4.52 Å². The Hall–Kier alpha value is -2.95. The summed E-state index contributed by atoms with van der Waals surface area (Å²) in [6, 6.07) is 11.7. The van der Waals surface area contributed by atoms with Gasteiger partial charge in [0.1, 0.15) is 0 Å². The lowest BCUT2D eigenvalue weighted by atomic mass is 10.1. The summed E-state index contributed by atoms with van der Waals surface area (Å²) in [5.41, 5.74) is 5.34. The molecule has 5 heteroatoms. The predicted octanol–water partition coefficient (Wildman–Crippen LogP) is 3.43. The maximum absolute atomic E-state index is 12.4. The van der Waals surface area contributed by atoms with Crippen LogP contribution in [0.25, 0.3) is 27.9 Å². The SMILES string of the molecule is Cc1ccc(-c2nnn3c2oc(=O)c2cc(C)cc(C)c23)cc1. The molecule has 0 aliphatic rings. The number of benzene rings is 2. The Bertz CT molecular complexity index is 1110. The summed E-state index contributed by atoms with van der Waals surface area (Å²) in [4.78, 5) is 12.4. The highest BCUT2D eigenvalue weighted by molar-refractivity contribution is 5.85. The van der Waals surface area contributed by atoms with E-state index in [-0.39, 0.29) is 5.63 Å². The molecule has 23 heavy (non-hydrogen) atoms. The number of hydrogen-bond acceptors (Lipinski definition) is 4. The fraction of sp³-hybridized carbons (Fsp3) is 0.167. The Morgan fingerprint density at radius 2 is 1.74 bits per heavy atom. The highest BCUT2D eigenvalue weighted by atomic mass is 16.4. The molecule has 2 aromatic carbocycles. The van der Waals surface area contributed by atoms with Crippen molar-refractivity contribution in [3.05, 3.63) is 63.5 Å². The predicted molar refractivity (Wildman–Crippen MR) is 88.7 cm³/mol. The third-order valence-corrected chi connectivity index (χ3v) is 4.02. The molecular weight excluding hydrogens is 290 g/mol. The van der Waals surface area contributed by atoms with Gasteiger partial charge < -0.3 is 4.42 Å². The molecular formula is C18H15N3O2. The second kappa shape index (κ2) is 4.78. The van der Waals surface area contributed by atoms with Crippen molar-refractivity contribution in [2.45, 2.75) is 20.8 Å². The Balaban J connectivity index is 2.11. The molecule has 0 saturated carbocycles. The van der Waals surface area contributed by atoms with Crippen molar-refractivity contribution >= 4 is 16.6 Å². The van der Waals surface area contributed by atoms with E-state index >= 15 is 0 Å². The summed E-state index contributed by atoms with van der Waals surface area (Å²) in [6.07, 6.45) is 0. The third-order valence-electron chi connectivity index (χ3n) is 4.02. The van der Waals surface area contributed by atoms with Crippen molar-refractivity contribution in [1.82, 2.24) is 14.8 Å². The van der Waals surface area contributed by atoms with Crippen LogP contribution in [0.15, 0.2) is 45.6 Å². The largest absolute Gasteiger partial charge is 0.401 e. The van der Waals surface area contributed by atoms with Crippen LogP contribution in [-0.4, -0.2) is 14.8 Å². The first-order valence-corrected chi connectivity index (χ1v) is 7.41. The van der Waals surface area contributed by atoms with Gasteiger partial charge in [-0.25, -0.2) is 4.79 Å². The molecule has 4 rings (SSSR count). The monoisotopic (exact) mass is 305 g/mol. The van der Waals surface area contributed by atoms with Crippen molar-refractivity contribution in [2.75, 3.05) is 0 Å². The number of rotatable bonds is 1. The van der Waals surface area contributed by atoms with Crippen LogP contribution in [0.5, 0.6) is 0 Å². The van der Waals surface area contributed by atoms with Crippen molar-refractivity contribution in [3.8, 4) is 11.3 Å². The van der Waals surface area contributed by atoms with Gasteiger partial charge in [-0.05, 0) is 38.0 Å². The van der Waals surface area contributed by atoms with Crippen LogP contribution in [0, 0.1) is 20.8 Å². The van der Waals surface area contributed by atoms with Gasteiger partial charge in [-0.3, -0.25) is 0 Å². The third kappa shape index (κ3) is 2.04. The Morgan fingerprint density at radius 1 is 1.00 bits per heavy atom. The first-order chi connectivity index (χ1) is 11.0. The molecule has 2 aromatic heterocycles. The quantitative estimate of drug-likeness (QED) is 0.540. The van der Waals surface area contributed by atoms with E-state index in [0.29, 0.717) is 16.8 Å². The van der Waals surface area contributed by atoms with Crippen molar-refractivity contribution in [1.29, 1.82) is 0 Å². The zero-order chi connectivity index (χ0) is 16.1. The van der Waals surface area contributed by atoms with Crippen LogP contribution in [-0.2, 0) is 0 Å². The topological polar surface area (TPSA) is 60.4 Å². The van der Waals surface area contributed by atoms with Gasteiger partial charge in [0.15, 0.2) is 5.69 Å². The molecule has 0 amide bonds. The minimum Gasteiger partial charge on any atom is -0.401 e. The van der Waals surface area contributed by atoms with E-state index in [1.165, 1.54) is 0 Å². The normalized spacial score (nSPS) is 11.4. The maximum atomic E-state index is 12.4. The molecule has 0 fully saturated rings. The van der Waals surface area contributed by atoms with Crippen molar-refractivity contribution in [3.63, 3.8) is 0 Å². The van der Waals surface area contributed by atoms with E-state index in [2.05, 4.69) is 10.3 Å². The summed E-state index contributed by atoms with van der Waals surface area (Å²) < 4.78 is 7.13. The van der Waals surface area contributed by atoms with Crippen LogP contribution >= 0.6 is 0 Å². The van der Waals surface area contributed by atoms with Crippen LogP contribution in [0.1, 0.15) is 16.7 Å². The van der Waals surface area contributed by atoms with Gasteiger partial charge in [-0.15, -0.1) is 5.10 Å². The molecule has 4 aromatic rings. The number of fused-ring (bicyclic) bond motifs is 3. The number of aryl methyl sites for hydroxylation is 3. The molecule has 0 aliphatic carbocycles. The van der Waals surface area contributed by atoms with Crippen LogP contribution in [0.4, 0.5) is 0 Å². The molecule has 0 atom stereocenters. The van der Waals surface area contributed by atoms with E-state index in [1.54, 1.807) is 4.52 Å². The van der Waals surface area contributed by atoms with E-state index < -0.39 is 0 Å². The first kappa shape index (κ1) is 13.7. The Labute approximate surface area is 132 Å². The molecule has 0 bridgehead atoms. The molecule has 0 saturated heterocycles. The lowest BCUT2D eigenvalue weighted by Gasteiger charge is -2.05. The summed E-state index contributed by atoms with van der Waals surface area (Å²) >= 11 is 0. The average molecular weight is 305 g/mol. The molecule has 2 heterocycles. The second-order valence-electron chi connectivity index (χ2n) is 5.89. The summed E-state index contributed by atoms with van der Waals surface area (Å²) in [5, 5.41) is 8.97. The minimum absolute atomic E-state index is 0.366. The van der Waals surface area contributed by atoms with Crippen LogP contribution < -0.4 is 5.63 Å². The molecule has 114 valence electrons. The zero-order valence-corrected chi connectivity index (χ0v) is 13.1. The Kier molecular flexibility index (Phi) is 2.84. The molecule has 0 aliphatic heterocycles. The number of hydrogen-bond donors (Lipinski definition) is 0. The summed E-state index contributed by atoms with van der Waals surface area (Å²) in [5.74, 6) is 0. The first-order valence-electron chi connectivity index (χ1n) is 7.41. The van der Waals surface area contributed by atoms with Crippen molar-refractivity contribution in [2.24, 2.45) is 0 Å². The number of nitrogens with zero attached hydrogens (tertiary/aromatic N) is 3. The lowest BCUT2D eigenvalue weighted by molar-refractivity contribution is 0.543. The number of aromatic nitrogens is 3. The Morgan fingerprint density at radius 3 is 2.48 bits per heavy atom. The van der Waals surface area contributed by atoms with E-state index in [1.807, 2.05) is 57.2 Å². The van der Waals surface area contributed by atoms with Crippen LogP contribution in [0.3, 0.4) is 0 Å². The van der Waals surface area contributed by atoms with Gasteiger partial charge in [0.25, 0.3) is 5.71 Å². The van der Waals surface area contributed by atoms with Gasteiger partial charge in [-0.1, -0.05) is 41.1 Å². The fourth-order valence-corrected chi connectivity index (χ4v) is 2.94. The molecule has 0 unspecified atom stereocenters. The van der Waals surface area contributed by atoms with E-state index in [0.717, 1.165) is 27.8 Å². The zero-order valence-electron chi connectivity index (χ0n) is 13.1. The van der Waals surface area contributed by atoms with Gasteiger partial charge >= 0.3 is 5.63 Å². The molecule has 0 spiro atoms. The van der Waals surface area contributed by atoms with Crippen molar-refractivity contribution < 1.29 is 4.42 Å². The summed E-state index contributed by atoms with van der Waals surface area (Å²) in [7, 11) is 0. The smallest absolute Gasteiger partial charge is 0.347 e. The minimum atomic E-state index is -0.366. The second-order valence-corrected chi connectivity index (χ2v) is 5.89. The van der Waals surface area contributed by atoms with E-state index in [9.17, 15) is 4.79 Å². The standard InChI is InChI=1S/C18H15N3O2/c1-10-4-6-13(7-5-10)15-17-21(20-19-15)16-12(3)8-11(2)9-14(16)18(22)23-17/h4-9H,1-3H3. The maximum Gasteiger partial charge on any atom is 0.347 e. The fourth-order valence-electron chi connectivity index (χ4n) is 2.94. The van der Waals surface area contributed by atoms with E-state index in [4.69, 9.17) is 4.42 Å². The average Bonchev–Trinajstić information content (AvgIpc) is 2.91. The lowest BCUT2D eigenvalue weighted by Crippen LogP contribution is -2.06.